The van der Waals surface area contributed by atoms with Crippen LogP contribution in [0.2, 0.25) is 10.0 Å². The molecule has 2 rings (SSSR count). The third-order valence-electron chi connectivity index (χ3n) is 2.70. The van der Waals surface area contributed by atoms with Crippen LogP contribution < -0.4 is 11.1 Å². The molecule has 0 heterocycles. The van der Waals surface area contributed by atoms with Gasteiger partial charge in [-0.05, 0) is 24.3 Å². The van der Waals surface area contributed by atoms with Gasteiger partial charge in [0, 0.05) is 0 Å². The summed E-state index contributed by atoms with van der Waals surface area (Å²) in [5.41, 5.74) is 4.99. The normalized spacial score (nSPS) is 10.2. The molecular weight excluding hydrogens is 317 g/mol. The highest BCUT2D eigenvalue weighted by molar-refractivity contribution is 6.40. The van der Waals surface area contributed by atoms with Crippen LogP contribution in [-0.2, 0) is 0 Å². The van der Waals surface area contributed by atoms with E-state index in [1.165, 1.54) is 30.3 Å². The molecule has 6 nitrogen and oxygen atoms in total. The molecule has 21 heavy (non-hydrogen) atoms. The summed E-state index contributed by atoms with van der Waals surface area (Å²) in [6.45, 7) is 0. The fourth-order valence-corrected chi connectivity index (χ4v) is 2.24. The van der Waals surface area contributed by atoms with Crippen molar-refractivity contribution in [2.45, 2.75) is 0 Å². The summed E-state index contributed by atoms with van der Waals surface area (Å²) in [4.78, 5) is 22.5. The molecule has 0 atom stereocenters. The van der Waals surface area contributed by atoms with Crippen molar-refractivity contribution in [3.63, 3.8) is 0 Å². The zero-order valence-corrected chi connectivity index (χ0v) is 12.0. The minimum absolute atomic E-state index is 0.0992. The van der Waals surface area contributed by atoms with Crippen molar-refractivity contribution in [1.29, 1.82) is 0 Å². The predicted octanol–water partition coefficient (Wildman–Crippen LogP) is 3.74. The average molecular weight is 326 g/mol. The van der Waals surface area contributed by atoms with Crippen molar-refractivity contribution in [3.05, 3.63) is 62.1 Å². The molecule has 0 fully saturated rings. The van der Waals surface area contributed by atoms with Crippen molar-refractivity contribution in [2.75, 3.05) is 11.1 Å². The van der Waals surface area contributed by atoms with E-state index in [4.69, 9.17) is 28.9 Å². The first-order chi connectivity index (χ1) is 9.91. The van der Waals surface area contributed by atoms with Gasteiger partial charge in [0.25, 0.3) is 5.91 Å². The van der Waals surface area contributed by atoms with Gasteiger partial charge < -0.3 is 11.1 Å². The maximum atomic E-state index is 12.2. The van der Waals surface area contributed by atoms with Crippen LogP contribution >= 0.6 is 23.2 Å². The molecule has 1 amide bonds. The lowest BCUT2D eigenvalue weighted by molar-refractivity contribution is -0.384. The highest BCUT2D eigenvalue weighted by Gasteiger charge is 2.24. The van der Waals surface area contributed by atoms with Gasteiger partial charge in [-0.15, -0.1) is 0 Å². The van der Waals surface area contributed by atoms with Crippen LogP contribution in [0.25, 0.3) is 0 Å². The van der Waals surface area contributed by atoms with Crippen LogP contribution in [-0.4, -0.2) is 10.8 Å². The number of nitrogens with one attached hydrogen (secondary N) is 1. The zero-order valence-electron chi connectivity index (χ0n) is 10.5. The maximum Gasteiger partial charge on any atom is 0.304 e. The monoisotopic (exact) mass is 325 g/mol. The number of carbonyl (C=O) groups excluding carboxylic acids is 1. The van der Waals surface area contributed by atoms with Gasteiger partial charge in [0.2, 0.25) is 0 Å². The fourth-order valence-electron chi connectivity index (χ4n) is 1.75. The number of carbonyl (C=O) groups is 1. The lowest BCUT2D eigenvalue weighted by Crippen LogP contribution is -2.15. The van der Waals surface area contributed by atoms with E-state index in [1.54, 1.807) is 6.07 Å². The first-order valence-electron chi connectivity index (χ1n) is 5.70. The Labute approximate surface area is 129 Å². The number of halogens is 2. The second kappa shape index (κ2) is 5.99. The van der Waals surface area contributed by atoms with Crippen molar-refractivity contribution in [2.24, 2.45) is 0 Å². The number of para-hydroxylation sites is 2. The Bertz CT molecular complexity index is 714. The van der Waals surface area contributed by atoms with Gasteiger partial charge in [0.1, 0.15) is 11.3 Å². The number of benzene rings is 2. The third kappa shape index (κ3) is 3.07. The molecule has 3 N–H and O–H groups in total. The minimum Gasteiger partial charge on any atom is -0.393 e. The number of hydrogen-bond donors (Lipinski definition) is 2. The molecule has 0 aliphatic carbocycles. The summed E-state index contributed by atoms with van der Waals surface area (Å²) in [5.74, 6) is -0.719. The highest BCUT2D eigenvalue weighted by atomic mass is 35.5. The minimum atomic E-state index is -0.719. The number of nitrogens with two attached hydrogens (primary N) is 1. The largest absolute Gasteiger partial charge is 0.393 e. The number of nitro benzene ring substituents is 1. The van der Waals surface area contributed by atoms with Gasteiger partial charge in [0.15, 0.2) is 0 Å². The molecule has 0 saturated heterocycles. The molecule has 0 unspecified atom stereocenters. The topological polar surface area (TPSA) is 98.3 Å². The van der Waals surface area contributed by atoms with Crippen molar-refractivity contribution in [1.82, 2.24) is 0 Å². The summed E-state index contributed by atoms with van der Waals surface area (Å²) in [7, 11) is 0. The van der Waals surface area contributed by atoms with Crippen molar-refractivity contribution >= 4 is 46.2 Å². The Morgan fingerprint density at radius 2 is 1.71 bits per heavy atom. The van der Waals surface area contributed by atoms with E-state index < -0.39 is 16.5 Å². The lowest BCUT2D eigenvalue weighted by Gasteiger charge is -2.10. The first-order valence-corrected chi connectivity index (χ1v) is 6.45. The molecule has 108 valence electrons. The van der Waals surface area contributed by atoms with Gasteiger partial charge >= 0.3 is 5.69 Å². The number of nitrogens with zero attached hydrogens (tertiary/aromatic N) is 1. The summed E-state index contributed by atoms with van der Waals surface area (Å²) in [5, 5.41) is 13.9. The molecular formula is C13H9Cl2N3O3. The van der Waals surface area contributed by atoms with Crippen LogP contribution in [0.4, 0.5) is 17.1 Å². The molecule has 8 heteroatoms. The van der Waals surface area contributed by atoms with Crippen LogP contribution in [0, 0.1) is 10.1 Å². The lowest BCUT2D eigenvalue weighted by atomic mass is 10.1. The molecule has 0 aliphatic heterocycles. The average Bonchev–Trinajstić information content (AvgIpc) is 2.42. The summed E-state index contributed by atoms with van der Waals surface area (Å²) in [6.07, 6.45) is 0. The number of nitro groups is 1. The van der Waals surface area contributed by atoms with Gasteiger partial charge in [-0.3, -0.25) is 14.9 Å². The highest BCUT2D eigenvalue weighted by Crippen LogP contribution is 2.32. The van der Waals surface area contributed by atoms with E-state index in [-0.39, 0.29) is 27.0 Å². The zero-order chi connectivity index (χ0) is 15.6. The summed E-state index contributed by atoms with van der Waals surface area (Å²) in [6, 6.07) is 8.79. The van der Waals surface area contributed by atoms with Gasteiger partial charge in [-0.1, -0.05) is 35.3 Å². The molecule has 0 saturated carbocycles. The molecule has 0 aliphatic rings. The molecule has 2 aromatic rings. The molecule has 0 bridgehead atoms. The maximum absolute atomic E-state index is 12.2. The number of hydrogen-bond acceptors (Lipinski definition) is 4. The van der Waals surface area contributed by atoms with E-state index in [0.717, 1.165) is 0 Å². The molecule has 2 aromatic carbocycles. The Morgan fingerprint density at radius 1 is 1.14 bits per heavy atom. The molecule has 0 spiro atoms. The van der Waals surface area contributed by atoms with Crippen LogP contribution in [0.3, 0.4) is 0 Å². The van der Waals surface area contributed by atoms with Gasteiger partial charge in [0.05, 0.1) is 20.7 Å². The summed E-state index contributed by atoms with van der Waals surface area (Å²) < 4.78 is 0. The molecule has 0 aromatic heterocycles. The standard InChI is InChI=1S/C13H9Cl2N3O3/c14-8-4-2-5-9(15)11(8)17-13(19)7-3-1-6-10(16)12(7)18(20)21/h1-6H,16H2,(H,17,19). The first kappa shape index (κ1) is 15.1. The number of anilines is 2. The Morgan fingerprint density at radius 3 is 2.29 bits per heavy atom. The van der Waals surface area contributed by atoms with Crippen molar-refractivity contribution < 1.29 is 9.72 Å². The number of nitrogen functional groups attached to an aromatic ring is 1. The second-order valence-corrected chi connectivity index (χ2v) is 4.87. The fraction of sp³-hybridized carbons (Fsp3) is 0. The third-order valence-corrected chi connectivity index (χ3v) is 3.33. The Balaban J connectivity index is 2.43. The number of amides is 1. The quantitative estimate of drug-likeness (QED) is 0.510. The Kier molecular flexibility index (Phi) is 4.30. The molecule has 0 radical (unpaired) electrons. The second-order valence-electron chi connectivity index (χ2n) is 4.05. The van der Waals surface area contributed by atoms with Crippen LogP contribution in [0.15, 0.2) is 36.4 Å². The summed E-state index contributed by atoms with van der Waals surface area (Å²) >= 11 is 11.9. The van der Waals surface area contributed by atoms with Crippen molar-refractivity contribution in [3.8, 4) is 0 Å². The van der Waals surface area contributed by atoms with Gasteiger partial charge in [-0.2, -0.15) is 0 Å². The van der Waals surface area contributed by atoms with Crippen LogP contribution in [0.5, 0.6) is 0 Å². The predicted molar refractivity (Wildman–Crippen MR) is 81.9 cm³/mol. The van der Waals surface area contributed by atoms with E-state index in [2.05, 4.69) is 5.32 Å². The van der Waals surface area contributed by atoms with E-state index in [9.17, 15) is 14.9 Å². The van der Waals surface area contributed by atoms with E-state index >= 15 is 0 Å². The smallest absolute Gasteiger partial charge is 0.304 e. The van der Waals surface area contributed by atoms with Gasteiger partial charge in [-0.25, -0.2) is 0 Å². The Hall–Kier alpha value is -2.31. The van der Waals surface area contributed by atoms with Crippen LogP contribution in [0.1, 0.15) is 10.4 Å². The van der Waals surface area contributed by atoms with E-state index in [0.29, 0.717) is 0 Å². The number of rotatable bonds is 3. The van der Waals surface area contributed by atoms with E-state index in [1.807, 2.05) is 0 Å². The SMILES string of the molecule is Nc1cccc(C(=O)Nc2c(Cl)cccc2Cl)c1[N+](=O)[O-].